The lowest BCUT2D eigenvalue weighted by atomic mass is 10.1. The molecule has 0 aromatic carbocycles. The summed E-state index contributed by atoms with van der Waals surface area (Å²) in [5.74, 6) is 0.369. The van der Waals surface area contributed by atoms with Crippen molar-refractivity contribution < 1.29 is 9.59 Å². The van der Waals surface area contributed by atoms with Crippen molar-refractivity contribution in [2.24, 2.45) is 10.9 Å². The molecule has 0 spiro atoms. The molecule has 1 saturated heterocycles. The van der Waals surface area contributed by atoms with E-state index in [1.807, 2.05) is 24.8 Å². The number of rotatable bonds is 5. The molecule has 0 saturated carbocycles. The molecule has 6 heterocycles. The Morgan fingerprint density at radius 3 is 2.78 bits per heavy atom. The van der Waals surface area contributed by atoms with Gasteiger partial charge in [-0.15, -0.1) is 0 Å². The quantitative estimate of drug-likeness (QED) is 0.398. The number of allylic oxidation sites excluding steroid dienone is 1. The normalized spacial score (nSPS) is 15.7. The van der Waals surface area contributed by atoms with Gasteiger partial charge in [-0.2, -0.15) is 5.10 Å². The molecular weight excluding hydrogens is 458 g/mol. The van der Waals surface area contributed by atoms with Gasteiger partial charge in [0.05, 0.1) is 22.2 Å². The molecule has 0 radical (unpaired) electrons. The molecule has 1 fully saturated rings. The Morgan fingerprint density at radius 1 is 1.14 bits per heavy atom. The fourth-order valence-electron chi connectivity index (χ4n) is 4.52. The summed E-state index contributed by atoms with van der Waals surface area (Å²) in [6.07, 6.45) is 7.57. The Balaban J connectivity index is 1.31. The number of aliphatic imine (C=N–C) groups is 1. The zero-order valence-corrected chi connectivity index (χ0v) is 20.0. The lowest BCUT2D eigenvalue weighted by Crippen LogP contribution is -2.27. The van der Waals surface area contributed by atoms with Crippen LogP contribution in [0.1, 0.15) is 49.0 Å². The van der Waals surface area contributed by atoms with Crippen molar-refractivity contribution in [3.05, 3.63) is 47.6 Å². The minimum absolute atomic E-state index is 0.0133. The third kappa shape index (κ3) is 3.82. The third-order valence-electron chi connectivity index (χ3n) is 6.54. The summed E-state index contributed by atoms with van der Waals surface area (Å²) in [4.78, 5) is 48.2. The first-order chi connectivity index (χ1) is 17.5. The lowest BCUT2D eigenvalue weighted by Gasteiger charge is -2.15. The standard InChI is InChI=1S/C25H25N9O2/c1-13(2)24(35)29-15-10-18(27-12-15)14-9-17-20(32-33-21(17)28-11-14)23-30-19-16(5-6-26-22(19)31-23)25(36)34-7-3-4-8-34/h5-6,9,11-13H,3-4,7-8,10H2,1-2H3,(H,29,35)(H,26,30,31)(H,28,32,33). The number of nitrogens with one attached hydrogen (secondary N) is 3. The van der Waals surface area contributed by atoms with Crippen molar-refractivity contribution >= 4 is 39.7 Å². The molecule has 182 valence electrons. The molecule has 0 bridgehead atoms. The van der Waals surface area contributed by atoms with E-state index in [2.05, 4.69) is 40.4 Å². The highest BCUT2D eigenvalue weighted by Crippen LogP contribution is 2.28. The number of carbonyl (C=O) groups is 2. The predicted octanol–water partition coefficient (Wildman–Crippen LogP) is 2.94. The van der Waals surface area contributed by atoms with Crippen LogP contribution in [0.25, 0.3) is 33.7 Å². The number of amides is 2. The van der Waals surface area contributed by atoms with Gasteiger partial charge in [0.25, 0.3) is 5.91 Å². The van der Waals surface area contributed by atoms with E-state index in [1.54, 1.807) is 24.7 Å². The minimum atomic E-state index is -0.106. The van der Waals surface area contributed by atoms with Gasteiger partial charge in [0.15, 0.2) is 17.1 Å². The molecule has 2 aliphatic heterocycles. The average molecular weight is 484 g/mol. The maximum atomic E-state index is 13.1. The monoisotopic (exact) mass is 483 g/mol. The Morgan fingerprint density at radius 2 is 1.97 bits per heavy atom. The smallest absolute Gasteiger partial charge is 0.256 e. The van der Waals surface area contributed by atoms with Crippen LogP contribution in [0.2, 0.25) is 0 Å². The summed E-state index contributed by atoms with van der Waals surface area (Å²) in [7, 11) is 0. The van der Waals surface area contributed by atoms with Crippen LogP contribution in [0.15, 0.2) is 41.4 Å². The van der Waals surface area contributed by atoms with Crippen molar-refractivity contribution in [3.63, 3.8) is 0 Å². The van der Waals surface area contributed by atoms with Crippen LogP contribution >= 0.6 is 0 Å². The van der Waals surface area contributed by atoms with E-state index in [0.29, 0.717) is 40.3 Å². The van der Waals surface area contributed by atoms with Gasteiger partial charge in [-0.05, 0) is 25.0 Å². The van der Waals surface area contributed by atoms with Crippen LogP contribution in [0.4, 0.5) is 0 Å². The third-order valence-corrected chi connectivity index (χ3v) is 6.54. The average Bonchev–Trinajstić information content (AvgIpc) is 3.68. The van der Waals surface area contributed by atoms with Gasteiger partial charge in [-0.1, -0.05) is 13.8 Å². The molecule has 0 atom stereocenters. The van der Waals surface area contributed by atoms with E-state index in [1.165, 1.54) is 0 Å². The first-order valence-corrected chi connectivity index (χ1v) is 12.0. The Labute approximate surface area is 206 Å². The van der Waals surface area contributed by atoms with Crippen molar-refractivity contribution in [2.45, 2.75) is 33.1 Å². The van der Waals surface area contributed by atoms with Gasteiger partial charge in [0.2, 0.25) is 5.91 Å². The van der Waals surface area contributed by atoms with Crippen LogP contribution in [0.3, 0.4) is 0 Å². The number of hydrogen-bond donors (Lipinski definition) is 3. The largest absolute Gasteiger partial charge is 0.339 e. The number of aromatic amines is 2. The van der Waals surface area contributed by atoms with Crippen LogP contribution in [-0.2, 0) is 4.79 Å². The highest BCUT2D eigenvalue weighted by Gasteiger charge is 2.24. The van der Waals surface area contributed by atoms with Gasteiger partial charge in [0.1, 0.15) is 5.69 Å². The maximum absolute atomic E-state index is 13.1. The number of likely N-dealkylation sites (tertiary alicyclic amines) is 1. The topological polar surface area (TPSA) is 145 Å². The molecule has 11 nitrogen and oxygen atoms in total. The molecule has 0 aliphatic carbocycles. The number of hydrogen-bond acceptors (Lipinski definition) is 7. The van der Waals surface area contributed by atoms with Gasteiger partial charge in [0, 0.05) is 55.3 Å². The predicted molar refractivity (Wildman–Crippen MR) is 134 cm³/mol. The Hall–Kier alpha value is -4.41. The van der Waals surface area contributed by atoms with Crippen LogP contribution in [0.5, 0.6) is 0 Å². The van der Waals surface area contributed by atoms with E-state index >= 15 is 0 Å². The Kier molecular flexibility index (Phi) is 5.32. The summed E-state index contributed by atoms with van der Waals surface area (Å²) in [6.45, 7) is 5.24. The van der Waals surface area contributed by atoms with E-state index in [4.69, 9.17) is 0 Å². The second kappa shape index (κ2) is 8.67. The SMILES string of the molecule is CC(C)C(=O)NC1=CN=C(c2cnc3n[nH]c(-c4nc5nccc(C(=O)N6CCCC6)c5[nH]4)c3c2)C1. The van der Waals surface area contributed by atoms with Gasteiger partial charge in [-0.25, -0.2) is 15.0 Å². The van der Waals surface area contributed by atoms with Crippen molar-refractivity contribution in [2.75, 3.05) is 13.1 Å². The zero-order valence-electron chi connectivity index (χ0n) is 20.0. The summed E-state index contributed by atoms with van der Waals surface area (Å²) >= 11 is 0. The van der Waals surface area contributed by atoms with E-state index < -0.39 is 0 Å². The second-order valence-electron chi connectivity index (χ2n) is 9.39. The van der Waals surface area contributed by atoms with Crippen molar-refractivity contribution in [1.29, 1.82) is 0 Å². The molecule has 11 heteroatoms. The first-order valence-electron chi connectivity index (χ1n) is 12.0. The summed E-state index contributed by atoms with van der Waals surface area (Å²) < 4.78 is 0. The van der Waals surface area contributed by atoms with Gasteiger partial charge >= 0.3 is 0 Å². The molecule has 2 amide bonds. The van der Waals surface area contributed by atoms with E-state index in [0.717, 1.165) is 48.3 Å². The van der Waals surface area contributed by atoms with Crippen LogP contribution in [-0.4, -0.2) is 65.6 Å². The Bertz CT molecular complexity index is 1570. The van der Waals surface area contributed by atoms with Crippen LogP contribution in [0, 0.1) is 5.92 Å². The van der Waals surface area contributed by atoms with E-state index in [9.17, 15) is 9.59 Å². The summed E-state index contributed by atoms with van der Waals surface area (Å²) in [6, 6.07) is 3.69. The zero-order chi connectivity index (χ0) is 24.8. The van der Waals surface area contributed by atoms with Crippen LogP contribution < -0.4 is 5.32 Å². The molecule has 6 rings (SSSR count). The number of fused-ring (bicyclic) bond motifs is 2. The van der Waals surface area contributed by atoms with Crippen molar-refractivity contribution in [3.8, 4) is 11.5 Å². The molecule has 0 unspecified atom stereocenters. The molecule has 2 aliphatic rings. The lowest BCUT2D eigenvalue weighted by molar-refractivity contribution is -0.123. The molecule has 36 heavy (non-hydrogen) atoms. The maximum Gasteiger partial charge on any atom is 0.256 e. The molecule has 3 N–H and O–H groups in total. The number of pyridine rings is 2. The molecular formula is C25H25N9O2. The number of H-pyrrole nitrogens is 2. The minimum Gasteiger partial charge on any atom is -0.339 e. The van der Waals surface area contributed by atoms with Gasteiger partial charge in [-0.3, -0.25) is 19.7 Å². The highest BCUT2D eigenvalue weighted by atomic mass is 16.2. The summed E-state index contributed by atoms with van der Waals surface area (Å²) in [5.41, 5.74) is 5.21. The number of carbonyl (C=O) groups excluding carboxylic acids is 2. The number of aromatic nitrogens is 6. The fourth-order valence-corrected chi connectivity index (χ4v) is 4.52. The second-order valence-corrected chi connectivity index (χ2v) is 9.39. The number of imidazole rings is 1. The first kappa shape index (κ1) is 22.1. The number of nitrogens with zero attached hydrogens (tertiary/aromatic N) is 6. The van der Waals surface area contributed by atoms with Crippen molar-refractivity contribution in [1.82, 2.24) is 40.3 Å². The van der Waals surface area contributed by atoms with Gasteiger partial charge < -0.3 is 15.2 Å². The fraction of sp³-hybridized carbons (Fsp3) is 0.320. The van der Waals surface area contributed by atoms with E-state index in [-0.39, 0.29) is 17.7 Å². The molecule has 4 aromatic rings. The summed E-state index contributed by atoms with van der Waals surface area (Å²) in [5, 5.41) is 11.0. The highest BCUT2D eigenvalue weighted by molar-refractivity contribution is 6.07. The molecule has 4 aromatic heterocycles.